The number of rotatable bonds is 9. The number of H-pyrrole nitrogens is 1. The Morgan fingerprint density at radius 3 is 2.50 bits per heavy atom. The molecule has 194 valence electrons. The van der Waals surface area contributed by atoms with Crippen molar-refractivity contribution in [3.8, 4) is 0 Å². The van der Waals surface area contributed by atoms with Crippen LogP contribution in [-0.2, 0) is 17.6 Å². The average molecular weight is 509 g/mol. The largest absolute Gasteiger partial charge is 0.383 e. The fraction of sp³-hybridized carbons (Fsp3) is 0.516. The first-order valence-corrected chi connectivity index (χ1v) is 14.1. The average Bonchev–Trinajstić information content (AvgIpc) is 2.87. The Bertz CT molecular complexity index is 1200. The van der Waals surface area contributed by atoms with Crippen LogP contribution in [0, 0.1) is 5.92 Å². The number of fused-ring (bicyclic) bond motifs is 1. The molecule has 1 saturated carbocycles. The smallest absolute Gasteiger partial charge is 0.251 e. The third-order valence-corrected chi connectivity index (χ3v) is 8.34. The summed E-state index contributed by atoms with van der Waals surface area (Å²) in [6.07, 6.45) is 8.99. The molecule has 3 atom stereocenters. The summed E-state index contributed by atoms with van der Waals surface area (Å²) in [4.78, 5) is 15.4. The number of aromatic nitrogens is 1. The summed E-state index contributed by atoms with van der Waals surface area (Å²) in [7, 11) is 1.76. The van der Waals surface area contributed by atoms with E-state index in [0.29, 0.717) is 17.9 Å². The summed E-state index contributed by atoms with van der Waals surface area (Å²) in [5.41, 5.74) is 5.66. The topological polar surface area (TPSA) is 54.1 Å². The van der Waals surface area contributed by atoms with Crippen LogP contribution in [0.4, 0.5) is 0 Å². The second kappa shape index (κ2) is 12.9. The van der Waals surface area contributed by atoms with Gasteiger partial charge in [0.2, 0.25) is 0 Å². The molecule has 0 radical (unpaired) electrons. The molecule has 1 aliphatic carbocycles. The van der Waals surface area contributed by atoms with Crippen LogP contribution in [0.3, 0.4) is 0 Å². The minimum absolute atomic E-state index is 0.0200. The van der Waals surface area contributed by atoms with Gasteiger partial charge in [0.1, 0.15) is 0 Å². The van der Waals surface area contributed by atoms with Gasteiger partial charge in [0, 0.05) is 41.7 Å². The highest BCUT2D eigenvalue weighted by Crippen LogP contribution is 2.41. The van der Waals surface area contributed by atoms with Gasteiger partial charge in [-0.25, -0.2) is 0 Å². The van der Waals surface area contributed by atoms with Crippen LogP contribution in [0.25, 0.3) is 10.9 Å². The number of hydrogen-bond donors (Lipinski definition) is 2. The molecule has 0 amide bonds. The third kappa shape index (κ3) is 6.40. The zero-order chi connectivity index (χ0) is 25.5. The number of benzene rings is 2. The zero-order valence-corrected chi connectivity index (χ0v) is 22.8. The molecule has 4 rings (SSSR count). The molecule has 1 heterocycles. The predicted octanol–water partition coefficient (Wildman–Crippen LogP) is 7.01. The first-order valence-electron chi connectivity index (χ1n) is 13.7. The van der Waals surface area contributed by atoms with E-state index in [1.54, 1.807) is 7.11 Å². The number of nitrogens with one attached hydrogen (secondary N) is 2. The van der Waals surface area contributed by atoms with Crippen molar-refractivity contribution in [1.29, 1.82) is 0 Å². The van der Waals surface area contributed by atoms with Crippen LogP contribution in [0.2, 0.25) is 5.02 Å². The monoisotopic (exact) mass is 508 g/mol. The van der Waals surface area contributed by atoms with Gasteiger partial charge < -0.3 is 15.0 Å². The highest BCUT2D eigenvalue weighted by Gasteiger charge is 2.28. The van der Waals surface area contributed by atoms with Gasteiger partial charge in [-0.1, -0.05) is 56.5 Å². The molecule has 1 fully saturated rings. The van der Waals surface area contributed by atoms with Gasteiger partial charge in [-0.15, -0.1) is 0 Å². The van der Waals surface area contributed by atoms with Gasteiger partial charge in [-0.2, -0.15) is 0 Å². The van der Waals surface area contributed by atoms with E-state index in [2.05, 4.69) is 59.7 Å². The SMILES string of the molecule is CCc1cc(C(c2ccc3[nH]c(=O)c(CC)cc3c2)C2CCCCC(NCCOC)CC2)ccc1Cl. The highest BCUT2D eigenvalue weighted by atomic mass is 35.5. The molecular weight excluding hydrogens is 468 g/mol. The Hall–Kier alpha value is -2.14. The molecule has 5 heteroatoms. The van der Waals surface area contributed by atoms with Crippen molar-refractivity contribution >= 4 is 22.5 Å². The molecule has 2 N–H and O–H groups in total. The van der Waals surface area contributed by atoms with Crippen molar-refractivity contribution < 1.29 is 4.74 Å². The molecule has 2 aromatic carbocycles. The van der Waals surface area contributed by atoms with E-state index in [4.69, 9.17) is 16.3 Å². The summed E-state index contributed by atoms with van der Waals surface area (Å²) < 4.78 is 5.26. The quantitative estimate of drug-likeness (QED) is 0.305. The maximum absolute atomic E-state index is 12.4. The predicted molar refractivity (Wildman–Crippen MR) is 151 cm³/mol. The fourth-order valence-electron chi connectivity index (χ4n) is 5.93. The van der Waals surface area contributed by atoms with E-state index in [9.17, 15) is 4.79 Å². The Balaban J connectivity index is 1.72. The van der Waals surface area contributed by atoms with Crippen molar-refractivity contribution in [3.63, 3.8) is 0 Å². The lowest BCUT2D eigenvalue weighted by molar-refractivity contribution is 0.191. The summed E-state index contributed by atoms with van der Waals surface area (Å²) in [6, 6.07) is 15.9. The molecule has 0 bridgehead atoms. The summed E-state index contributed by atoms with van der Waals surface area (Å²) in [5.74, 6) is 0.848. The minimum atomic E-state index is 0.0200. The van der Waals surface area contributed by atoms with E-state index in [-0.39, 0.29) is 5.56 Å². The number of hydrogen-bond acceptors (Lipinski definition) is 3. The van der Waals surface area contributed by atoms with Crippen LogP contribution in [0.5, 0.6) is 0 Å². The molecule has 3 aromatic rings. The van der Waals surface area contributed by atoms with Crippen LogP contribution in [0.15, 0.2) is 47.3 Å². The van der Waals surface area contributed by atoms with E-state index < -0.39 is 0 Å². The van der Waals surface area contributed by atoms with E-state index in [1.165, 1.54) is 55.2 Å². The van der Waals surface area contributed by atoms with E-state index >= 15 is 0 Å². The molecule has 0 saturated heterocycles. The lowest BCUT2D eigenvalue weighted by atomic mass is 9.74. The van der Waals surface area contributed by atoms with Gasteiger partial charge in [-0.3, -0.25) is 4.79 Å². The van der Waals surface area contributed by atoms with Crippen molar-refractivity contribution in [3.05, 3.63) is 80.1 Å². The summed E-state index contributed by atoms with van der Waals surface area (Å²) >= 11 is 6.53. The normalized spacial score (nSPS) is 19.7. The molecule has 4 nitrogen and oxygen atoms in total. The zero-order valence-electron chi connectivity index (χ0n) is 22.0. The van der Waals surface area contributed by atoms with E-state index in [0.717, 1.165) is 47.5 Å². The van der Waals surface area contributed by atoms with Crippen molar-refractivity contribution in [2.45, 2.75) is 77.2 Å². The number of pyridine rings is 1. The van der Waals surface area contributed by atoms with Crippen molar-refractivity contribution in [1.82, 2.24) is 10.3 Å². The molecule has 36 heavy (non-hydrogen) atoms. The van der Waals surface area contributed by atoms with Crippen LogP contribution in [0.1, 0.15) is 80.5 Å². The minimum Gasteiger partial charge on any atom is -0.383 e. The van der Waals surface area contributed by atoms with Crippen LogP contribution >= 0.6 is 11.6 Å². The second-order valence-corrected chi connectivity index (χ2v) is 10.7. The molecule has 0 aliphatic heterocycles. The number of halogens is 1. The Morgan fingerprint density at radius 2 is 1.72 bits per heavy atom. The standard InChI is InChI=1S/C31H41ClN2O2/c1-4-21-18-24(11-14-28(21)32)30(23-8-6-7-9-27(13-10-23)33-16-17-36-3)25-12-15-29-26(20-25)19-22(5-2)31(35)34-29/h11-12,14-15,18-20,23,27,30,33H,4-10,13,16-17H2,1-3H3,(H,34,35). The maximum Gasteiger partial charge on any atom is 0.251 e. The fourth-order valence-corrected chi connectivity index (χ4v) is 6.18. The third-order valence-electron chi connectivity index (χ3n) is 7.97. The van der Waals surface area contributed by atoms with Gasteiger partial charge in [0.05, 0.1) is 6.61 Å². The van der Waals surface area contributed by atoms with E-state index in [1.807, 2.05) is 6.92 Å². The molecule has 1 aromatic heterocycles. The lowest BCUT2D eigenvalue weighted by Gasteiger charge is -2.32. The van der Waals surface area contributed by atoms with Gasteiger partial charge in [0.25, 0.3) is 5.56 Å². The number of aromatic amines is 1. The molecule has 1 aliphatic rings. The molecule has 0 spiro atoms. The maximum atomic E-state index is 12.4. The summed E-state index contributed by atoms with van der Waals surface area (Å²) in [6.45, 7) is 5.88. The Labute approximate surface area is 220 Å². The van der Waals surface area contributed by atoms with Crippen molar-refractivity contribution in [2.75, 3.05) is 20.3 Å². The van der Waals surface area contributed by atoms with Gasteiger partial charge >= 0.3 is 0 Å². The van der Waals surface area contributed by atoms with Crippen molar-refractivity contribution in [2.24, 2.45) is 5.92 Å². The first-order chi connectivity index (χ1) is 17.5. The van der Waals surface area contributed by atoms with Crippen LogP contribution in [-0.4, -0.2) is 31.3 Å². The summed E-state index contributed by atoms with van der Waals surface area (Å²) in [5, 5.41) is 5.69. The van der Waals surface area contributed by atoms with Gasteiger partial charge in [0.15, 0.2) is 0 Å². The first kappa shape index (κ1) is 26.9. The van der Waals surface area contributed by atoms with Gasteiger partial charge in [-0.05, 0) is 90.8 Å². The molecule has 3 unspecified atom stereocenters. The Morgan fingerprint density at radius 1 is 0.972 bits per heavy atom. The highest BCUT2D eigenvalue weighted by molar-refractivity contribution is 6.31. The Kier molecular flexibility index (Phi) is 9.64. The van der Waals surface area contributed by atoms with Crippen LogP contribution < -0.4 is 10.9 Å². The number of ether oxygens (including phenoxy) is 1. The number of methoxy groups -OCH3 is 1. The lowest BCUT2D eigenvalue weighted by Crippen LogP contribution is -2.33. The molecular formula is C31H41ClN2O2. The second-order valence-electron chi connectivity index (χ2n) is 10.3. The number of aryl methyl sites for hydroxylation is 2.